The van der Waals surface area contributed by atoms with E-state index in [9.17, 15) is 5.11 Å². The maximum absolute atomic E-state index is 10.2. The number of aliphatic hydroxyl groups is 1. The van der Waals surface area contributed by atoms with Crippen LogP contribution in [0.3, 0.4) is 0 Å². The Balaban J connectivity index is 1.55. The highest BCUT2D eigenvalue weighted by molar-refractivity contribution is 5.84. The first-order valence-electron chi connectivity index (χ1n) is 7.78. The second kappa shape index (κ2) is 7.05. The van der Waals surface area contributed by atoms with Crippen LogP contribution in [0.2, 0.25) is 0 Å². The van der Waals surface area contributed by atoms with Gasteiger partial charge in [0.1, 0.15) is 18.5 Å². The molecule has 2 heterocycles. The minimum Gasteiger partial charge on any atom is -0.490 e. The number of benzene rings is 1. The van der Waals surface area contributed by atoms with Crippen molar-refractivity contribution in [3.63, 3.8) is 0 Å². The molecule has 1 aromatic carbocycles. The van der Waals surface area contributed by atoms with E-state index < -0.39 is 6.10 Å². The van der Waals surface area contributed by atoms with Crippen LogP contribution in [-0.2, 0) is 0 Å². The van der Waals surface area contributed by atoms with E-state index in [2.05, 4.69) is 21.8 Å². The van der Waals surface area contributed by atoms with Gasteiger partial charge in [0.2, 0.25) is 0 Å². The van der Waals surface area contributed by atoms with Gasteiger partial charge in [0, 0.05) is 44.3 Å². The van der Waals surface area contributed by atoms with Crippen molar-refractivity contribution in [2.75, 3.05) is 46.4 Å². The van der Waals surface area contributed by atoms with Gasteiger partial charge < -0.3 is 14.7 Å². The van der Waals surface area contributed by atoms with E-state index in [4.69, 9.17) is 4.74 Å². The lowest BCUT2D eigenvalue weighted by molar-refractivity contribution is 0.0509. The van der Waals surface area contributed by atoms with E-state index >= 15 is 0 Å². The summed E-state index contributed by atoms with van der Waals surface area (Å²) in [4.78, 5) is 8.91. The Bertz CT molecular complexity index is 606. The fourth-order valence-corrected chi connectivity index (χ4v) is 2.77. The van der Waals surface area contributed by atoms with Crippen LogP contribution < -0.4 is 4.74 Å². The molecule has 1 N–H and O–H groups in total. The summed E-state index contributed by atoms with van der Waals surface area (Å²) < 4.78 is 5.82. The number of nitrogens with zero attached hydrogens (tertiary/aromatic N) is 3. The van der Waals surface area contributed by atoms with E-state index in [1.54, 1.807) is 6.20 Å². The summed E-state index contributed by atoms with van der Waals surface area (Å²) in [5.74, 6) is 0.781. The highest BCUT2D eigenvalue weighted by Gasteiger charge is 2.17. The Labute approximate surface area is 131 Å². The minimum atomic E-state index is -0.477. The van der Waals surface area contributed by atoms with E-state index in [0.717, 1.165) is 42.8 Å². The molecule has 0 spiro atoms. The van der Waals surface area contributed by atoms with Crippen molar-refractivity contribution in [1.82, 2.24) is 14.8 Å². The summed E-state index contributed by atoms with van der Waals surface area (Å²) in [5, 5.41) is 11.2. The molecule has 1 aliphatic heterocycles. The number of likely N-dealkylation sites (N-methyl/N-ethyl adjacent to an activating group) is 1. The molecule has 0 amide bonds. The molecule has 1 fully saturated rings. The minimum absolute atomic E-state index is 0.306. The van der Waals surface area contributed by atoms with Gasteiger partial charge in [-0.1, -0.05) is 6.07 Å². The van der Waals surface area contributed by atoms with Gasteiger partial charge in [-0.15, -0.1) is 0 Å². The van der Waals surface area contributed by atoms with Gasteiger partial charge in [-0.3, -0.25) is 9.88 Å². The molecule has 0 radical (unpaired) electrons. The van der Waals surface area contributed by atoms with Gasteiger partial charge in [0.25, 0.3) is 0 Å². The first-order chi connectivity index (χ1) is 10.7. The molecule has 0 unspecified atom stereocenters. The zero-order valence-corrected chi connectivity index (χ0v) is 13.0. The Morgan fingerprint density at radius 2 is 2.00 bits per heavy atom. The molecule has 5 heteroatoms. The molecule has 1 saturated heterocycles. The highest BCUT2D eigenvalue weighted by atomic mass is 16.5. The Morgan fingerprint density at radius 3 is 2.82 bits per heavy atom. The van der Waals surface area contributed by atoms with E-state index in [1.807, 2.05) is 30.3 Å². The van der Waals surface area contributed by atoms with Gasteiger partial charge in [0.15, 0.2) is 0 Å². The van der Waals surface area contributed by atoms with Gasteiger partial charge in [-0.25, -0.2) is 0 Å². The van der Waals surface area contributed by atoms with Gasteiger partial charge in [-0.2, -0.15) is 0 Å². The number of fused-ring (bicyclic) bond motifs is 1. The van der Waals surface area contributed by atoms with Crippen LogP contribution in [0.4, 0.5) is 0 Å². The van der Waals surface area contributed by atoms with Crippen molar-refractivity contribution < 1.29 is 9.84 Å². The first-order valence-corrected chi connectivity index (χ1v) is 7.78. The Hall–Kier alpha value is -1.69. The lowest BCUT2D eigenvalue weighted by Crippen LogP contribution is -2.47. The van der Waals surface area contributed by atoms with Crippen LogP contribution in [0.1, 0.15) is 0 Å². The maximum atomic E-state index is 10.2. The second-order valence-electron chi connectivity index (χ2n) is 5.89. The second-order valence-corrected chi connectivity index (χ2v) is 5.89. The van der Waals surface area contributed by atoms with Crippen molar-refractivity contribution in [1.29, 1.82) is 0 Å². The maximum Gasteiger partial charge on any atom is 0.128 e. The first kappa shape index (κ1) is 15.2. The van der Waals surface area contributed by atoms with Crippen LogP contribution >= 0.6 is 0 Å². The summed E-state index contributed by atoms with van der Waals surface area (Å²) >= 11 is 0. The molecule has 22 heavy (non-hydrogen) atoms. The number of hydrogen-bond acceptors (Lipinski definition) is 5. The number of aromatic nitrogens is 1. The fraction of sp³-hybridized carbons (Fsp3) is 0.471. The highest BCUT2D eigenvalue weighted by Crippen LogP contribution is 2.23. The van der Waals surface area contributed by atoms with Crippen molar-refractivity contribution in [3.05, 3.63) is 36.5 Å². The number of aliphatic hydroxyl groups excluding tert-OH is 1. The molecule has 3 rings (SSSR count). The molecular weight excluding hydrogens is 278 g/mol. The van der Waals surface area contributed by atoms with Crippen LogP contribution in [0, 0.1) is 0 Å². The SMILES string of the molecule is CN1CCN(C[C@@H](O)COc2cccc3ncccc23)CC1. The van der Waals surface area contributed by atoms with Crippen molar-refractivity contribution in [2.45, 2.75) is 6.10 Å². The lowest BCUT2D eigenvalue weighted by Gasteiger charge is -2.33. The summed E-state index contributed by atoms with van der Waals surface area (Å²) in [6, 6.07) is 9.70. The number of rotatable bonds is 5. The average molecular weight is 301 g/mol. The Morgan fingerprint density at radius 1 is 1.18 bits per heavy atom. The summed E-state index contributed by atoms with van der Waals surface area (Å²) in [7, 11) is 2.13. The average Bonchev–Trinajstić information content (AvgIpc) is 2.55. The third kappa shape index (κ3) is 3.74. The molecule has 1 aliphatic rings. The number of ether oxygens (including phenoxy) is 1. The normalized spacial score (nSPS) is 18.5. The number of pyridine rings is 1. The number of β-amino-alcohol motifs (C(OH)–C–C–N with tert-alkyl or cyclic N) is 1. The zero-order chi connectivity index (χ0) is 15.4. The van der Waals surface area contributed by atoms with E-state index in [1.165, 1.54) is 0 Å². The zero-order valence-electron chi connectivity index (χ0n) is 13.0. The number of piperazine rings is 1. The fourth-order valence-electron chi connectivity index (χ4n) is 2.77. The standard InChI is InChI=1S/C17H23N3O2/c1-19-8-10-20(11-9-19)12-14(21)13-22-17-6-2-5-16-15(17)4-3-7-18-16/h2-7,14,21H,8-13H2,1H3/t14-/m1/s1. The quantitative estimate of drug-likeness (QED) is 0.900. The molecule has 118 valence electrons. The van der Waals surface area contributed by atoms with Gasteiger partial charge >= 0.3 is 0 Å². The third-order valence-electron chi connectivity index (χ3n) is 4.10. The van der Waals surface area contributed by atoms with Crippen molar-refractivity contribution >= 4 is 10.9 Å². The molecular formula is C17H23N3O2. The predicted octanol–water partition coefficient (Wildman–Crippen LogP) is 1.22. The van der Waals surface area contributed by atoms with Crippen molar-refractivity contribution in [2.24, 2.45) is 0 Å². The monoisotopic (exact) mass is 301 g/mol. The van der Waals surface area contributed by atoms with Gasteiger partial charge in [0.05, 0.1) is 5.52 Å². The molecule has 0 saturated carbocycles. The third-order valence-corrected chi connectivity index (χ3v) is 4.10. The predicted molar refractivity (Wildman–Crippen MR) is 87.2 cm³/mol. The molecule has 2 aromatic rings. The molecule has 0 bridgehead atoms. The summed E-state index contributed by atoms with van der Waals surface area (Å²) in [5.41, 5.74) is 0.911. The van der Waals surface area contributed by atoms with Crippen LogP contribution in [0.25, 0.3) is 10.9 Å². The largest absolute Gasteiger partial charge is 0.490 e. The van der Waals surface area contributed by atoms with E-state index in [-0.39, 0.29) is 0 Å². The smallest absolute Gasteiger partial charge is 0.128 e. The summed E-state index contributed by atoms with van der Waals surface area (Å²) in [6.45, 7) is 5.10. The van der Waals surface area contributed by atoms with Crippen LogP contribution in [-0.4, -0.2) is 72.4 Å². The van der Waals surface area contributed by atoms with Crippen LogP contribution in [0.15, 0.2) is 36.5 Å². The molecule has 5 nitrogen and oxygen atoms in total. The molecule has 1 atom stereocenters. The van der Waals surface area contributed by atoms with Crippen LogP contribution in [0.5, 0.6) is 5.75 Å². The molecule has 0 aliphatic carbocycles. The van der Waals surface area contributed by atoms with Gasteiger partial charge in [-0.05, 0) is 31.3 Å². The molecule has 1 aromatic heterocycles. The summed E-state index contributed by atoms with van der Waals surface area (Å²) in [6.07, 6.45) is 1.30. The number of hydrogen-bond donors (Lipinski definition) is 1. The Kier molecular flexibility index (Phi) is 4.87. The topological polar surface area (TPSA) is 48.8 Å². The van der Waals surface area contributed by atoms with Crippen molar-refractivity contribution in [3.8, 4) is 5.75 Å². The van der Waals surface area contributed by atoms with E-state index in [0.29, 0.717) is 13.2 Å². The lowest BCUT2D eigenvalue weighted by atomic mass is 10.2.